The Labute approximate surface area is 192 Å². The van der Waals surface area contributed by atoms with Crippen molar-refractivity contribution in [3.63, 3.8) is 0 Å². The van der Waals surface area contributed by atoms with Crippen LogP contribution in [0, 0.1) is 23.7 Å². The lowest BCUT2D eigenvalue weighted by Gasteiger charge is -2.32. The number of carboxylic acids is 1. The van der Waals surface area contributed by atoms with Gasteiger partial charge in [-0.3, -0.25) is 14.3 Å². The molecule has 6 nitrogen and oxygen atoms in total. The van der Waals surface area contributed by atoms with Crippen molar-refractivity contribution >= 4 is 11.9 Å². The third-order valence-electron chi connectivity index (χ3n) is 7.99. The second kappa shape index (κ2) is 9.66. The molecule has 1 aromatic heterocycles. The summed E-state index contributed by atoms with van der Waals surface area (Å²) < 4.78 is 42.6. The standard InChI is InChI=1S/C24H34F3N3O3/c1-15-2-4-17(5-3-15)13-30-20-14-29(11-10-19(20)22(28-30)24(25,26)27)21(31)12-16-6-8-18(9-7-16)23(32)33/h15-18H,2-14H2,1H3,(H,32,33). The molecule has 0 bridgehead atoms. The van der Waals surface area contributed by atoms with Gasteiger partial charge in [0, 0.05) is 25.1 Å². The Bertz CT molecular complexity index is 866. The number of hydrogen-bond donors (Lipinski definition) is 1. The molecular formula is C24H34F3N3O3. The van der Waals surface area contributed by atoms with E-state index in [0.29, 0.717) is 56.2 Å². The molecule has 2 fully saturated rings. The number of aliphatic carboxylic acids is 1. The molecule has 9 heteroatoms. The second-order valence-electron chi connectivity index (χ2n) is 10.4. The van der Waals surface area contributed by atoms with E-state index >= 15 is 0 Å². The summed E-state index contributed by atoms with van der Waals surface area (Å²) in [4.78, 5) is 25.8. The number of amides is 1. The Kier molecular flexibility index (Phi) is 7.05. The first kappa shape index (κ1) is 24.1. The van der Waals surface area contributed by atoms with Gasteiger partial charge in [-0.25, -0.2) is 0 Å². The molecule has 1 amide bonds. The summed E-state index contributed by atoms with van der Waals surface area (Å²) in [6.45, 7) is 3.13. The first-order chi connectivity index (χ1) is 15.6. The normalized spacial score (nSPS) is 28.4. The fourth-order valence-corrected chi connectivity index (χ4v) is 5.82. The van der Waals surface area contributed by atoms with Crippen molar-refractivity contribution in [1.82, 2.24) is 14.7 Å². The summed E-state index contributed by atoms with van der Waals surface area (Å²) in [5.41, 5.74) is -0.00593. The second-order valence-corrected chi connectivity index (χ2v) is 10.4. The maximum atomic E-state index is 13.7. The highest BCUT2D eigenvalue weighted by Crippen LogP contribution is 2.37. The Morgan fingerprint density at radius 2 is 1.67 bits per heavy atom. The zero-order chi connectivity index (χ0) is 23.8. The highest BCUT2D eigenvalue weighted by molar-refractivity contribution is 5.77. The van der Waals surface area contributed by atoms with Crippen LogP contribution in [-0.4, -0.2) is 38.2 Å². The van der Waals surface area contributed by atoms with Crippen LogP contribution in [0.15, 0.2) is 0 Å². The summed E-state index contributed by atoms with van der Waals surface area (Å²) in [6.07, 6.45) is 2.77. The van der Waals surface area contributed by atoms with Crippen LogP contribution in [0.25, 0.3) is 0 Å². The molecular weight excluding hydrogens is 435 g/mol. The van der Waals surface area contributed by atoms with E-state index in [2.05, 4.69) is 12.0 Å². The van der Waals surface area contributed by atoms with Gasteiger partial charge in [-0.05, 0) is 62.7 Å². The topological polar surface area (TPSA) is 75.4 Å². The molecule has 184 valence electrons. The number of fused-ring (bicyclic) bond motifs is 1. The minimum absolute atomic E-state index is 0.0489. The van der Waals surface area contributed by atoms with Crippen LogP contribution in [-0.2, 0) is 35.3 Å². The largest absolute Gasteiger partial charge is 0.481 e. The van der Waals surface area contributed by atoms with Crippen molar-refractivity contribution in [3.05, 3.63) is 17.0 Å². The summed E-state index contributed by atoms with van der Waals surface area (Å²) in [7, 11) is 0. The number of carbonyl (C=O) groups is 2. The van der Waals surface area contributed by atoms with Crippen molar-refractivity contribution in [2.75, 3.05) is 6.54 Å². The van der Waals surface area contributed by atoms with E-state index in [1.807, 2.05) is 0 Å². The van der Waals surface area contributed by atoms with Crippen molar-refractivity contribution in [2.24, 2.45) is 23.7 Å². The Morgan fingerprint density at radius 1 is 1.03 bits per heavy atom. The fraction of sp³-hybridized carbons (Fsp3) is 0.792. The molecule has 0 radical (unpaired) electrons. The van der Waals surface area contributed by atoms with E-state index in [9.17, 15) is 22.8 Å². The van der Waals surface area contributed by atoms with Gasteiger partial charge in [-0.2, -0.15) is 18.3 Å². The van der Waals surface area contributed by atoms with Crippen LogP contribution in [0.2, 0.25) is 0 Å². The Morgan fingerprint density at radius 3 is 2.27 bits per heavy atom. The molecule has 1 N–H and O–H groups in total. The SMILES string of the molecule is CC1CCC(Cn2nc(C(F)(F)F)c3c2CN(C(=O)CC2CCC(C(=O)O)CC2)CC3)CC1. The van der Waals surface area contributed by atoms with Gasteiger partial charge in [-0.1, -0.05) is 19.8 Å². The summed E-state index contributed by atoms with van der Waals surface area (Å²) in [6, 6.07) is 0. The zero-order valence-corrected chi connectivity index (χ0v) is 19.2. The molecule has 1 aromatic rings. The van der Waals surface area contributed by atoms with Gasteiger partial charge < -0.3 is 10.0 Å². The number of rotatable bonds is 5. The third kappa shape index (κ3) is 5.54. The molecule has 3 aliphatic rings. The van der Waals surface area contributed by atoms with Gasteiger partial charge in [-0.15, -0.1) is 0 Å². The highest BCUT2D eigenvalue weighted by Gasteiger charge is 2.41. The van der Waals surface area contributed by atoms with Crippen molar-refractivity contribution < 1.29 is 27.9 Å². The van der Waals surface area contributed by atoms with E-state index in [4.69, 9.17) is 5.11 Å². The summed E-state index contributed by atoms with van der Waals surface area (Å²) in [5, 5.41) is 13.2. The Hall–Kier alpha value is -2.06. The van der Waals surface area contributed by atoms with E-state index in [1.165, 1.54) is 4.68 Å². The van der Waals surface area contributed by atoms with Crippen molar-refractivity contribution in [1.29, 1.82) is 0 Å². The van der Waals surface area contributed by atoms with E-state index < -0.39 is 17.8 Å². The smallest absolute Gasteiger partial charge is 0.435 e. The molecule has 0 unspecified atom stereocenters. The van der Waals surface area contributed by atoms with E-state index in [0.717, 1.165) is 25.7 Å². The quantitative estimate of drug-likeness (QED) is 0.666. The van der Waals surface area contributed by atoms with Crippen LogP contribution in [0.4, 0.5) is 13.2 Å². The molecule has 2 heterocycles. The first-order valence-corrected chi connectivity index (χ1v) is 12.3. The first-order valence-electron chi connectivity index (χ1n) is 12.3. The van der Waals surface area contributed by atoms with Crippen LogP contribution in [0.1, 0.15) is 81.7 Å². The molecule has 0 atom stereocenters. The van der Waals surface area contributed by atoms with Gasteiger partial charge in [0.2, 0.25) is 5.91 Å². The lowest BCUT2D eigenvalue weighted by molar-refractivity contribution is -0.143. The van der Waals surface area contributed by atoms with Crippen molar-refractivity contribution in [2.45, 2.75) is 90.4 Å². The Balaban J connectivity index is 1.44. The molecule has 2 aliphatic carbocycles. The molecule has 0 aromatic carbocycles. The fourth-order valence-electron chi connectivity index (χ4n) is 5.82. The average Bonchev–Trinajstić information content (AvgIpc) is 3.14. The van der Waals surface area contributed by atoms with Crippen LogP contribution < -0.4 is 0 Å². The van der Waals surface area contributed by atoms with Crippen LogP contribution in [0.5, 0.6) is 0 Å². The molecule has 1 aliphatic heterocycles. The number of halogens is 3. The molecule has 0 saturated heterocycles. The predicted octanol–water partition coefficient (Wildman–Crippen LogP) is 4.89. The number of hydrogen-bond acceptors (Lipinski definition) is 3. The predicted molar refractivity (Wildman–Crippen MR) is 115 cm³/mol. The zero-order valence-electron chi connectivity index (χ0n) is 19.2. The van der Waals surface area contributed by atoms with E-state index in [-0.39, 0.29) is 42.8 Å². The lowest BCUT2D eigenvalue weighted by Crippen LogP contribution is -2.38. The molecule has 4 rings (SSSR count). The highest BCUT2D eigenvalue weighted by atomic mass is 19.4. The van der Waals surface area contributed by atoms with Crippen molar-refractivity contribution in [3.8, 4) is 0 Å². The lowest BCUT2D eigenvalue weighted by atomic mass is 9.80. The van der Waals surface area contributed by atoms with Gasteiger partial charge >= 0.3 is 12.1 Å². The minimum atomic E-state index is -4.49. The van der Waals surface area contributed by atoms with Gasteiger partial charge in [0.25, 0.3) is 0 Å². The van der Waals surface area contributed by atoms with Gasteiger partial charge in [0.05, 0.1) is 18.2 Å². The minimum Gasteiger partial charge on any atom is -0.481 e. The molecule has 2 saturated carbocycles. The third-order valence-corrected chi connectivity index (χ3v) is 7.99. The number of carbonyl (C=O) groups excluding carboxylic acids is 1. The maximum absolute atomic E-state index is 13.7. The number of alkyl halides is 3. The summed E-state index contributed by atoms with van der Waals surface area (Å²) in [5.74, 6) is -0.0168. The number of nitrogens with zero attached hydrogens (tertiary/aromatic N) is 3. The van der Waals surface area contributed by atoms with Crippen LogP contribution >= 0.6 is 0 Å². The molecule has 33 heavy (non-hydrogen) atoms. The summed E-state index contributed by atoms with van der Waals surface area (Å²) >= 11 is 0. The monoisotopic (exact) mass is 469 g/mol. The molecule has 0 spiro atoms. The number of carboxylic acid groups (broad SMARTS) is 1. The number of aromatic nitrogens is 2. The van der Waals surface area contributed by atoms with Gasteiger partial charge in [0.1, 0.15) is 0 Å². The van der Waals surface area contributed by atoms with Crippen LogP contribution in [0.3, 0.4) is 0 Å². The van der Waals surface area contributed by atoms with E-state index in [1.54, 1.807) is 4.90 Å². The average molecular weight is 470 g/mol. The maximum Gasteiger partial charge on any atom is 0.435 e. The van der Waals surface area contributed by atoms with Gasteiger partial charge in [0.15, 0.2) is 5.69 Å².